The highest BCUT2D eigenvalue weighted by molar-refractivity contribution is 6.11. The minimum atomic E-state index is -1.33. The van der Waals surface area contributed by atoms with E-state index in [1.165, 1.54) is 0 Å². The van der Waals surface area contributed by atoms with Crippen molar-refractivity contribution >= 4 is 11.7 Å². The Morgan fingerprint density at radius 2 is 1.69 bits per heavy atom. The monoisotopic (exact) mass is 385 g/mol. The fourth-order valence-electron chi connectivity index (χ4n) is 4.06. The molecular weight excluding hydrogens is 366 g/mol. The van der Waals surface area contributed by atoms with E-state index >= 15 is 0 Å². The van der Waals surface area contributed by atoms with Gasteiger partial charge in [0.15, 0.2) is 0 Å². The molecule has 1 spiro atoms. The van der Waals surface area contributed by atoms with Gasteiger partial charge in [0.05, 0.1) is 24.3 Å². The van der Waals surface area contributed by atoms with Crippen LogP contribution in [-0.4, -0.2) is 18.8 Å². The van der Waals surface area contributed by atoms with Crippen molar-refractivity contribution in [1.29, 1.82) is 0 Å². The second kappa shape index (κ2) is 6.48. The number of rotatable bonds is 3. The molecule has 2 atom stereocenters. The van der Waals surface area contributed by atoms with E-state index in [9.17, 15) is 4.79 Å². The van der Waals surface area contributed by atoms with Crippen molar-refractivity contribution in [3.8, 4) is 11.5 Å². The molecule has 0 bridgehead atoms. The van der Waals surface area contributed by atoms with Crippen LogP contribution in [0.25, 0.3) is 0 Å². The molecule has 0 aliphatic carbocycles. The van der Waals surface area contributed by atoms with Crippen LogP contribution >= 0.6 is 0 Å². The molecule has 0 radical (unpaired) electrons. The quantitative estimate of drug-likeness (QED) is 0.497. The van der Waals surface area contributed by atoms with E-state index in [2.05, 4.69) is 5.16 Å². The lowest BCUT2D eigenvalue weighted by Gasteiger charge is -2.26. The van der Waals surface area contributed by atoms with Crippen LogP contribution in [0, 0.1) is 6.92 Å². The standard InChI is InChI=1S/C24H19NO4/c1-15-7-9-16(10-8-15)21-22(17-11-13-18(27-2)14-12-17)25-29-24(21)19-5-3-4-6-20(19)28-23(24)26/h3-14,21H,1-2H3/t21-,24+/m0/s1. The van der Waals surface area contributed by atoms with Crippen LogP contribution in [0.5, 0.6) is 11.5 Å². The number of methoxy groups -OCH3 is 1. The minimum Gasteiger partial charge on any atom is -0.497 e. The van der Waals surface area contributed by atoms with Gasteiger partial charge in [-0.2, -0.15) is 0 Å². The van der Waals surface area contributed by atoms with E-state index in [0.717, 1.165) is 22.4 Å². The number of hydrogen-bond acceptors (Lipinski definition) is 5. The summed E-state index contributed by atoms with van der Waals surface area (Å²) < 4.78 is 10.9. The van der Waals surface area contributed by atoms with Crippen LogP contribution in [0.3, 0.4) is 0 Å². The Morgan fingerprint density at radius 1 is 0.966 bits per heavy atom. The molecule has 3 aromatic carbocycles. The van der Waals surface area contributed by atoms with Gasteiger partial charge in [-0.05, 0) is 42.8 Å². The van der Waals surface area contributed by atoms with Crippen molar-refractivity contribution in [1.82, 2.24) is 0 Å². The molecule has 0 saturated carbocycles. The van der Waals surface area contributed by atoms with E-state index < -0.39 is 17.5 Å². The zero-order valence-corrected chi connectivity index (χ0v) is 16.1. The van der Waals surface area contributed by atoms with E-state index in [4.69, 9.17) is 14.3 Å². The third-order valence-electron chi connectivity index (χ3n) is 5.56. The van der Waals surface area contributed by atoms with Gasteiger partial charge in [0.2, 0.25) is 0 Å². The third-order valence-corrected chi connectivity index (χ3v) is 5.56. The first-order valence-corrected chi connectivity index (χ1v) is 9.42. The Kier molecular flexibility index (Phi) is 3.91. The van der Waals surface area contributed by atoms with Crippen LogP contribution in [0.2, 0.25) is 0 Å². The summed E-state index contributed by atoms with van der Waals surface area (Å²) in [7, 11) is 1.63. The Bertz CT molecular complexity index is 1120. The number of fused-ring (bicyclic) bond motifs is 2. The second-order valence-electron chi connectivity index (χ2n) is 7.26. The van der Waals surface area contributed by atoms with E-state index in [-0.39, 0.29) is 0 Å². The van der Waals surface area contributed by atoms with E-state index in [1.54, 1.807) is 13.2 Å². The number of para-hydroxylation sites is 1. The third kappa shape index (κ3) is 2.54. The molecule has 5 rings (SSSR count). The number of hydrogen-bond donors (Lipinski definition) is 0. The average Bonchev–Trinajstić information content (AvgIpc) is 3.28. The minimum absolute atomic E-state index is 0.437. The predicted octanol–water partition coefficient (Wildman–Crippen LogP) is 4.34. The van der Waals surface area contributed by atoms with Gasteiger partial charge in [0, 0.05) is 5.56 Å². The van der Waals surface area contributed by atoms with E-state index in [0.29, 0.717) is 17.0 Å². The van der Waals surface area contributed by atoms with Gasteiger partial charge in [-0.1, -0.05) is 53.2 Å². The lowest BCUT2D eigenvalue weighted by Crippen LogP contribution is -2.41. The lowest BCUT2D eigenvalue weighted by molar-refractivity contribution is -0.157. The van der Waals surface area contributed by atoms with Gasteiger partial charge in [-0.25, -0.2) is 4.79 Å². The SMILES string of the molecule is COc1ccc(C2=NO[C@@]3(C(=O)Oc4ccccc43)[C@H]2c2ccc(C)cc2)cc1. The van der Waals surface area contributed by atoms with Crippen LogP contribution in [-0.2, 0) is 15.2 Å². The van der Waals surface area contributed by atoms with Crippen LogP contribution < -0.4 is 9.47 Å². The summed E-state index contributed by atoms with van der Waals surface area (Å²) in [5.41, 5.74) is 3.00. The normalized spacial score (nSPS) is 22.1. The van der Waals surface area contributed by atoms with E-state index in [1.807, 2.05) is 73.7 Å². The van der Waals surface area contributed by atoms with Crippen LogP contribution in [0.15, 0.2) is 78.0 Å². The maximum atomic E-state index is 13.1. The number of carbonyl (C=O) groups is 1. The first-order chi connectivity index (χ1) is 14.1. The maximum absolute atomic E-state index is 13.1. The Labute approximate surface area is 168 Å². The smallest absolute Gasteiger partial charge is 0.364 e. The molecule has 0 unspecified atom stereocenters. The first-order valence-electron chi connectivity index (χ1n) is 9.42. The maximum Gasteiger partial charge on any atom is 0.364 e. The lowest BCUT2D eigenvalue weighted by atomic mass is 9.74. The summed E-state index contributed by atoms with van der Waals surface area (Å²) in [6.45, 7) is 2.03. The molecule has 144 valence electrons. The number of esters is 1. The summed E-state index contributed by atoms with van der Waals surface area (Å²) in [6, 6.07) is 23.0. The summed E-state index contributed by atoms with van der Waals surface area (Å²) >= 11 is 0. The molecule has 2 heterocycles. The molecular formula is C24H19NO4. The van der Waals surface area contributed by atoms with Gasteiger partial charge in [-0.3, -0.25) is 0 Å². The Hall–Kier alpha value is -3.60. The molecule has 2 aliphatic heterocycles. The van der Waals surface area contributed by atoms with Gasteiger partial charge >= 0.3 is 5.97 Å². The fourth-order valence-corrected chi connectivity index (χ4v) is 4.06. The molecule has 5 nitrogen and oxygen atoms in total. The summed E-state index contributed by atoms with van der Waals surface area (Å²) in [5, 5.41) is 4.40. The molecule has 3 aromatic rings. The summed E-state index contributed by atoms with van der Waals surface area (Å²) in [5.74, 6) is 0.380. The number of ether oxygens (including phenoxy) is 2. The van der Waals surface area contributed by atoms with Crippen molar-refractivity contribution in [2.45, 2.75) is 18.4 Å². The first kappa shape index (κ1) is 17.5. The highest BCUT2D eigenvalue weighted by Gasteiger charge is 2.63. The number of oxime groups is 1. The van der Waals surface area contributed by atoms with Crippen LogP contribution in [0.1, 0.15) is 28.2 Å². The van der Waals surface area contributed by atoms with Crippen molar-refractivity contribution < 1.29 is 19.1 Å². The average molecular weight is 385 g/mol. The van der Waals surface area contributed by atoms with Crippen molar-refractivity contribution in [2.75, 3.05) is 7.11 Å². The van der Waals surface area contributed by atoms with Crippen molar-refractivity contribution in [2.24, 2.45) is 5.16 Å². The van der Waals surface area contributed by atoms with Gasteiger partial charge in [-0.15, -0.1) is 0 Å². The number of benzene rings is 3. The van der Waals surface area contributed by atoms with Gasteiger partial charge in [0.1, 0.15) is 11.5 Å². The zero-order chi connectivity index (χ0) is 20.0. The van der Waals surface area contributed by atoms with Gasteiger partial charge in [0.25, 0.3) is 5.60 Å². The molecule has 0 N–H and O–H groups in total. The Balaban J connectivity index is 1.69. The number of aryl methyl sites for hydroxylation is 1. The molecule has 2 aliphatic rings. The molecule has 29 heavy (non-hydrogen) atoms. The van der Waals surface area contributed by atoms with Crippen LogP contribution in [0.4, 0.5) is 0 Å². The van der Waals surface area contributed by atoms with Crippen molar-refractivity contribution in [3.63, 3.8) is 0 Å². The van der Waals surface area contributed by atoms with Crippen molar-refractivity contribution in [3.05, 3.63) is 95.1 Å². The second-order valence-corrected chi connectivity index (χ2v) is 7.26. The number of carbonyl (C=O) groups excluding carboxylic acids is 1. The highest BCUT2D eigenvalue weighted by Crippen LogP contribution is 2.53. The molecule has 0 amide bonds. The largest absolute Gasteiger partial charge is 0.497 e. The molecule has 0 saturated heterocycles. The predicted molar refractivity (Wildman–Crippen MR) is 108 cm³/mol. The molecule has 5 heteroatoms. The molecule has 0 fully saturated rings. The Morgan fingerprint density at radius 3 is 2.41 bits per heavy atom. The zero-order valence-electron chi connectivity index (χ0n) is 16.1. The summed E-state index contributed by atoms with van der Waals surface area (Å²) in [4.78, 5) is 19.1. The topological polar surface area (TPSA) is 57.1 Å². The van der Waals surface area contributed by atoms with Gasteiger partial charge < -0.3 is 14.3 Å². The molecule has 0 aromatic heterocycles. The summed E-state index contributed by atoms with van der Waals surface area (Å²) in [6.07, 6.45) is 0. The highest BCUT2D eigenvalue weighted by atomic mass is 16.7. The fraction of sp³-hybridized carbons (Fsp3) is 0.167. The number of nitrogens with zero attached hydrogens (tertiary/aromatic N) is 1.